The molecule has 1 atom stereocenters. The standard InChI is InChI=1S/C17H21N7OS/c1-13-11-15(12-18)22-17(21-13)23-7-9-24(10-8-23)26(25,20-2)16-5-3-14(19)4-6-16/h3-6,11H,7-10,19H2,1-2H3. The first-order valence-electron chi connectivity index (χ1n) is 8.23. The molecule has 0 bridgehead atoms. The van der Waals surface area contributed by atoms with E-state index in [1.807, 2.05) is 16.1 Å². The van der Waals surface area contributed by atoms with Gasteiger partial charge in [-0.25, -0.2) is 22.8 Å². The second-order valence-electron chi connectivity index (χ2n) is 5.97. The summed E-state index contributed by atoms with van der Waals surface area (Å²) in [5.74, 6) is 0.536. The Hall–Kier alpha value is -2.70. The van der Waals surface area contributed by atoms with E-state index < -0.39 is 9.92 Å². The van der Waals surface area contributed by atoms with Crippen molar-refractivity contribution < 1.29 is 4.21 Å². The molecule has 2 aromatic rings. The Morgan fingerprint density at radius 3 is 2.42 bits per heavy atom. The fraction of sp³-hybridized carbons (Fsp3) is 0.353. The van der Waals surface area contributed by atoms with E-state index in [1.54, 1.807) is 37.4 Å². The molecule has 0 aliphatic carbocycles. The van der Waals surface area contributed by atoms with Gasteiger partial charge in [0, 0.05) is 44.6 Å². The molecule has 2 heterocycles. The number of aromatic nitrogens is 2. The number of piperazine rings is 1. The van der Waals surface area contributed by atoms with Crippen molar-refractivity contribution in [3.63, 3.8) is 0 Å². The van der Waals surface area contributed by atoms with Gasteiger partial charge in [-0.3, -0.25) is 0 Å². The zero-order valence-electron chi connectivity index (χ0n) is 14.8. The summed E-state index contributed by atoms with van der Waals surface area (Å²) in [5, 5.41) is 9.08. The monoisotopic (exact) mass is 371 g/mol. The lowest BCUT2D eigenvalue weighted by atomic mass is 10.3. The average molecular weight is 371 g/mol. The normalized spacial score (nSPS) is 17.3. The van der Waals surface area contributed by atoms with Crippen LogP contribution in [-0.4, -0.2) is 51.7 Å². The summed E-state index contributed by atoms with van der Waals surface area (Å²) < 4.78 is 19.5. The van der Waals surface area contributed by atoms with Crippen LogP contribution in [0.2, 0.25) is 0 Å². The van der Waals surface area contributed by atoms with Gasteiger partial charge in [-0.1, -0.05) is 0 Å². The number of nitrogen functional groups attached to an aromatic ring is 1. The number of benzene rings is 1. The Balaban J connectivity index is 1.79. The average Bonchev–Trinajstić information content (AvgIpc) is 2.67. The zero-order chi connectivity index (χ0) is 18.7. The minimum absolute atomic E-state index is 0.351. The van der Waals surface area contributed by atoms with Gasteiger partial charge < -0.3 is 10.6 Å². The highest BCUT2D eigenvalue weighted by atomic mass is 32.2. The molecule has 3 rings (SSSR count). The van der Waals surface area contributed by atoms with Crippen LogP contribution in [0.25, 0.3) is 0 Å². The molecule has 0 spiro atoms. The van der Waals surface area contributed by atoms with Gasteiger partial charge in [0.2, 0.25) is 5.95 Å². The third kappa shape index (κ3) is 3.47. The van der Waals surface area contributed by atoms with Crippen molar-refractivity contribution in [2.45, 2.75) is 11.8 Å². The van der Waals surface area contributed by atoms with E-state index in [-0.39, 0.29) is 0 Å². The third-order valence-corrected chi connectivity index (χ3v) is 6.71. The Bertz CT molecular complexity index is 950. The number of aryl methyl sites for hydroxylation is 1. The molecular formula is C17H21N7OS. The number of rotatable bonds is 3. The van der Waals surface area contributed by atoms with Gasteiger partial charge in [-0.05, 0) is 37.3 Å². The molecule has 1 aromatic carbocycles. The van der Waals surface area contributed by atoms with Gasteiger partial charge in [0.05, 0.1) is 4.90 Å². The molecule has 1 aliphatic rings. The van der Waals surface area contributed by atoms with Crippen molar-refractivity contribution in [2.75, 3.05) is 43.9 Å². The van der Waals surface area contributed by atoms with E-state index in [2.05, 4.69) is 20.4 Å². The third-order valence-electron chi connectivity index (χ3n) is 4.26. The number of nitriles is 1. The molecule has 136 valence electrons. The molecule has 1 fully saturated rings. The van der Waals surface area contributed by atoms with E-state index in [9.17, 15) is 4.21 Å². The van der Waals surface area contributed by atoms with Crippen molar-refractivity contribution >= 4 is 21.6 Å². The minimum Gasteiger partial charge on any atom is -0.399 e. The van der Waals surface area contributed by atoms with E-state index >= 15 is 0 Å². The van der Waals surface area contributed by atoms with Crippen LogP contribution in [0, 0.1) is 18.3 Å². The summed E-state index contributed by atoms with van der Waals surface area (Å²) in [6.07, 6.45) is 0. The van der Waals surface area contributed by atoms with Crippen LogP contribution < -0.4 is 10.6 Å². The molecule has 0 amide bonds. The summed E-state index contributed by atoms with van der Waals surface area (Å²) in [7, 11) is -1.09. The van der Waals surface area contributed by atoms with E-state index in [4.69, 9.17) is 11.0 Å². The maximum Gasteiger partial charge on any atom is 0.226 e. The summed E-state index contributed by atoms with van der Waals surface area (Å²) >= 11 is 0. The van der Waals surface area contributed by atoms with Gasteiger partial charge in [-0.2, -0.15) is 5.26 Å². The van der Waals surface area contributed by atoms with Crippen LogP contribution in [0.3, 0.4) is 0 Å². The maximum absolute atomic E-state index is 13.4. The quantitative estimate of drug-likeness (QED) is 0.817. The molecule has 26 heavy (non-hydrogen) atoms. The Kier molecular flexibility index (Phi) is 5.06. The number of hydrogen-bond donors (Lipinski definition) is 1. The van der Waals surface area contributed by atoms with Crippen LogP contribution in [-0.2, 0) is 9.92 Å². The topological polar surface area (TPSA) is 112 Å². The van der Waals surface area contributed by atoms with Gasteiger partial charge in [0.15, 0.2) is 0 Å². The molecule has 9 heteroatoms. The van der Waals surface area contributed by atoms with Crippen molar-refractivity contribution in [1.82, 2.24) is 14.3 Å². The second-order valence-corrected chi connectivity index (χ2v) is 8.32. The lowest BCUT2D eigenvalue weighted by Crippen LogP contribution is -2.49. The van der Waals surface area contributed by atoms with Crippen molar-refractivity contribution in [1.29, 1.82) is 5.26 Å². The summed E-state index contributed by atoms with van der Waals surface area (Å²) in [5.41, 5.74) is 7.46. The van der Waals surface area contributed by atoms with E-state index in [1.165, 1.54) is 0 Å². The van der Waals surface area contributed by atoms with E-state index in [0.717, 1.165) is 5.69 Å². The molecule has 2 N–H and O–H groups in total. The molecule has 0 radical (unpaired) electrons. The number of nitrogens with two attached hydrogens (primary N) is 1. The molecule has 1 aromatic heterocycles. The van der Waals surface area contributed by atoms with Crippen molar-refractivity contribution in [3.05, 3.63) is 41.7 Å². The first kappa shape index (κ1) is 18.1. The Morgan fingerprint density at radius 1 is 1.19 bits per heavy atom. The first-order chi connectivity index (χ1) is 12.5. The Labute approximate surface area is 153 Å². The zero-order valence-corrected chi connectivity index (χ0v) is 15.6. The highest BCUT2D eigenvalue weighted by molar-refractivity contribution is 7.91. The summed E-state index contributed by atoms with van der Waals surface area (Å²) in [6, 6.07) is 10.7. The van der Waals surface area contributed by atoms with Gasteiger partial charge in [-0.15, -0.1) is 0 Å². The van der Waals surface area contributed by atoms with Crippen LogP contribution in [0.15, 0.2) is 39.6 Å². The predicted octanol–water partition coefficient (Wildman–Crippen LogP) is 1.43. The van der Waals surface area contributed by atoms with Gasteiger partial charge in [0.1, 0.15) is 21.7 Å². The first-order valence-corrected chi connectivity index (χ1v) is 9.70. The van der Waals surface area contributed by atoms with Crippen LogP contribution in [0.4, 0.5) is 11.6 Å². The smallest absolute Gasteiger partial charge is 0.226 e. The van der Waals surface area contributed by atoms with Crippen LogP contribution in [0.1, 0.15) is 11.4 Å². The van der Waals surface area contributed by atoms with Crippen LogP contribution >= 0.6 is 0 Å². The van der Waals surface area contributed by atoms with Gasteiger partial charge >= 0.3 is 0 Å². The number of nitrogens with zero attached hydrogens (tertiary/aromatic N) is 6. The van der Waals surface area contributed by atoms with Gasteiger partial charge in [0.25, 0.3) is 0 Å². The molecule has 1 aliphatic heterocycles. The highest BCUT2D eigenvalue weighted by Gasteiger charge is 2.27. The fourth-order valence-corrected chi connectivity index (χ4v) is 4.79. The fourth-order valence-electron chi connectivity index (χ4n) is 2.90. The number of hydrogen-bond acceptors (Lipinski definition) is 7. The lowest BCUT2D eigenvalue weighted by Gasteiger charge is -2.35. The summed E-state index contributed by atoms with van der Waals surface area (Å²) in [4.78, 5) is 11.4. The Morgan fingerprint density at radius 2 is 1.85 bits per heavy atom. The van der Waals surface area contributed by atoms with E-state index in [0.29, 0.717) is 48.4 Å². The minimum atomic E-state index is -2.67. The largest absolute Gasteiger partial charge is 0.399 e. The molecule has 1 saturated heterocycles. The predicted molar refractivity (Wildman–Crippen MR) is 101 cm³/mol. The molecular weight excluding hydrogens is 350 g/mol. The summed E-state index contributed by atoms with van der Waals surface area (Å²) in [6.45, 7) is 4.16. The van der Waals surface area contributed by atoms with Crippen LogP contribution in [0.5, 0.6) is 0 Å². The van der Waals surface area contributed by atoms with Crippen molar-refractivity contribution in [2.24, 2.45) is 4.36 Å². The highest BCUT2D eigenvalue weighted by Crippen LogP contribution is 2.22. The molecule has 1 unspecified atom stereocenters. The molecule has 0 saturated carbocycles. The second kappa shape index (κ2) is 7.27. The maximum atomic E-state index is 13.4. The molecule has 8 nitrogen and oxygen atoms in total. The lowest BCUT2D eigenvalue weighted by molar-refractivity contribution is 0.402. The van der Waals surface area contributed by atoms with Crippen molar-refractivity contribution in [3.8, 4) is 6.07 Å². The number of anilines is 2. The SMILES string of the molecule is CN=S(=O)(c1ccc(N)cc1)N1CCN(c2nc(C)cc(C#N)n2)CC1.